The molecule has 0 unspecified atom stereocenters. The molecule has 2 aromatic rings. The Morgan fingerprint density at radius 1 is 1.29 bits per heavy atom. The maximum atomic E-state index is 12.2. The van der Waals surface area contributed by atoms with Crippen molar-refractivity contribution in [2.45, 2.75) is 58.4 Å². The van der Waals surface area contributed by atoms with E-state index in [9.17, 15) is 4.79 Å². The van der Waals surface area contributed by atoms with E-state index >= 15 is 0 Å². The lowest BCUT2D eigenvalue weighted by Gasteiger charge is -2.10. The summed E-state index contributed by atoms with van der Waals surface area (Å²) in [7, 11) is 0. The third kappa shape index (κ3) is 2.52. The molecule has 0 bridgehead atoms. The van der Waals surface area contributed by atoms with Gasteiger partial charge in [0, 0.05) is 13.0 Å². The van der Waals surface area contributed by atoms with E-state index in [1.165, 1.54) is 12.8 Å². The number of ketones is 1. The van der Waals surface area contributed by atoms with E-state index in [0.717, 1.165) is 49.0 Å². The van der Waals surface area contributed by atoms with Crippen LogP contribution >= 0.6 is 0 Å². The summed E-state index contributed by atoms with van der Waals surface area (Å²) < 4.78 is 1.93. The number of nitrogens with zero attached hydrogens (tertiary/aromatic N) is 3. The van der Waals surface area contributed by atoms with Crippen molar-refractivity contribution in [3.8, 4) is 0 Å². The number of rotatable bonds is 4. The normalized spacial score (nSPS) is 15.2. The van der Waals surface area contributed by atoms with Gasteiger partial charge in [-0.15, -0.1) is 0 Å². The zero-order chi connectivity index (χ0) is 14.8. The molecule has 0 saturated heterocycles. The Morgan fingerprint density at radius 2 is 2.10 bits per heavy atom. The molecule has 0 aliphatic heterocycles. The predicted octanol–water partition coefficient (Wildman–Crippen LogP) is 3.11. The molecular weight excluding hydrogens is 264 g/mol. The molecule has 0 radical (unpaired) electrons. The first kappa shape index (κ1) is 14.0. The fraction of sp³-hybridized carbons (Fsp3) is 0.562. The number of hydrogen-bond donors (Lipinski definition) is 1. The van der Waals surface area contributed by atoms with Crippen molar-refractivity contribution in [3.63, 3.8) is 0 Å². The van der Waals surface area contributed by atoms with Crippen LogP contribution in [0.1, 0.15) is 61.5 Å². The molecule has 0 spiro atoms. The molecule has 2 N–H and O–H groups in total. The molecule has 5 heteroatoms. The molecule has 1 aliphatic rings. The van der Waals surface area contributed by atoms with Crippen LogP contribution in [-0.4, -0.2) is 20.5 Å². The molecule has 1 aliphatic carbocycles. The van der Waals surface area contributed by atoms with Crippen LogP contribution in [0.5, 0.6) is 0 Å². The predicted molar refractivity (Wildman–Crippen MR) is 83.4 cm³/mol. The smallest absolute Gasteiger partial charge is 0.166 e. The Morgan fingerprint density at radius 3 is 2.90 bits per heavy atom. The summed E-state index contributed by atoms with van der Waals surface area (Å²) in [5.41, 5.74) is 9.16. The fourth-order valence-electron chi connectivity index (χ4n) is 3.03. The third-order valence-electron chi connectivity index (χ3n) is 4.22. The van der Waals surface area contributed by atoms with E-state index in [2.05, 4.69) is 12.0 Å². The van der Waals surface area contributed by atoms with Crippen LogP contribution in [-0.2, 0) is 13.0 Å². The van der Waals surface area contributed by atoms with Crippen molar-refractivity contribution in [3.05, 3.63) is 17.5 Å². The number of nitrogens with two attached hydrogens (primary N) is 1. The maximum absolute atomic E-state index is 12.2. The van der Waals surface area contributed by atoms with Crippen molar-refractivity contribution in [1.29, 1.82) is 0 Å². The minimum absolute atomic E-state index is 0.133. The SMILES string of the molecule is CCCCCn1ncc2c(N)c3c(nc21)CCCCC3=O. The Labute approximate surface area is 124 Å². The number of nitrogen functional groups attached to an aromatic ring is 1. The van der Waals surface area contributed by atoms with E-state index < -0.39 is 0 Å². The highest BCUT2D eigenvalue weighted by molar-refractivity contribution is 6.08. The number of fused-ring (bicyclic) bond motifs is 2. The van der Waals surface area contributed by atoms with Crippen LogP contribution in [0, 0.1) is 0 Å². The van der Waals surface area contributed by atoms with Crippen LogP contribution in [0.15, 0.2) is 6.20 Å². The molecule has 0 aromatic carbocycles. The second kappa shape index (κ2) is 5.84. The molecule has 112 valence electrons. The lowest BCUT2D eigenvalue weighted by atomic mass is 10.0. The van der Waals surface area contributed by atoms with Crippen molar-refractivity contribution in [1.82, 2.24) is 14.8 Å². The number of Topliss-reactive ketones (excluding diaryl/α,β-unsaturated/α-hetero) is 1. The number of carbonyl (C=O) groups is 1. The number of anilines is 1. The number of carbonyl (C=O) groups excluding carboxylic acids is 1. The first-order valence-electron chi connectivity index (χ1n) is 7.89. The van der Waals surface area contributed by atoms with Gasteiger partial charge in [-0.3, -0.25) is 4.79 Å². The Kier molecular flexibility index (Phi) is 3.90. The molecule has 0 fully saturated rings. The lowest BCUT2D eigenvalue weighted by molar-refractivity contribution is 0.0982. The molecule has 2 heterocycles. The van der Waals surface area contributed by atoms with Gasteiger partial charge in [-0.2, -0.15) is 5.10 Å². The highest BCUT2D eigenvalue weighted by Crippen LogP contribution is 2.30. The first-order chi connectivity index (χ1) is 10.2. The van der Waals surface area contributed by atoms with E-state index in [-0.39, 0.29) is 5.78 Å². The topological polar surface area (TPSA) is 73.8 Å². The van der Waals surface area contributed by atoms with E-state index in [1.807, 2.05) is 4.68 Å². The molecule has 0 amide bonds. The number of hydrogen-bond acceptors (Lipinski definition) is 4. The maximum Gasteiger partial charge on any atom is 0.166 e. The first-order valence-corrected chi connectivity index (χ1v) is 7.89. The summed E-state index contributed by atoms with van der Waals surface area (Å²) in [4.78, 5) is 17.0. The summed E-state index contributed by atoms with van der Waals surface area (Å²) in [6.07, 6.45) is 8.54. The second-order valence-corrected chi connectivity index (χ2v) is 5.79. The van der Waals surface area contributed by atoms with E-state index in [1.54, 1.807) is 6.20 Å². The van der Waals surface area contributed by atoms with Gasteiger partial charge in [0.2, 0.25) is 0 Å². The molecule has 0 atom stereocenters. The quantitative estimate of drug-likeness (QED) is 0.692. The Hall–Kier alpha value is -1.91. The summed E-state index contributed by atoms with van der Waals surface area (Å²) in [5.74, 6) is 0.133. The number of pyridine rings is 1. The lowest BCUT2D eigenvalue weighted by Crippen LogP contribution is -2.09. The van der Waals surface area contributed by atoms with Gasteiger partial charge >= 0.3 is 0 Å². The van der Waals surface area contributed by atoms with Gasteiger partial charge in [0.15, 0.2) is 11.4 Å². The van der Waals surface area contributed by atoms with Crippen LogP contribution < -0.4 is 5.73 Å². The van der Waals surface area contributed by atoms with E-state index in [0.29, 0.717) is 17.7 Å². The third-order valence-corrected chi connectivity index (χ3v) is 4.22. The highest BCUT2D eigenvalue weighted by atomic mass is 16.1. The summed E-state index contributed by atoms with van der Waals surface area (Å²) in [5, 5.41) is 5.23. The number of aryl methyl sites for hydroxylation is 2. The molecule has 5 nitrogen and oxygen atoms in total. The van der Waals surface area contributed by atoms with Crippen molar-refractivity contribution < 1.29 is 4.79 Å². The largest absolute Gasteiger partial charge is 0.397 e. The fourth-order valence-corrected chi connectivity index (χ4v) is 3.03. The number of unbranched alkanes of at least 4 members (excludes halogenated alkanes) is 2. The zero-order valence-electron chi connectivity index (χ0n) is 12.6. The van der Waals surface area contributed by atoms with Gasteiger partial charge in [-0.05, 0) is 25.7 Å². The molecule has 21 heavy (non-hydrogen) atoms. The highest BCUT2D eigenvalue weighted by Gasteiger charge is 2.23. The minimum atomic E-state index is 0.133. The Balaban J connectivity index is 2.06. The van der Waals surface area contributed by atoms with Crippen molar-refractivity contribution in [2.75, 3.05) is 5.73 Å². The van der Waals surface area contributed by atoms with Gasteiger partial charge in [0.05, 0.1) is 28.5 Å². The monoisotopic (exact) mass is 286 g/mol. The van der Waals surface area contributed by atoms with Crippen LogP contribution in [0.25, 0.3) is 11.0 Å². The number of aromatic nitrogens is 3. The van der Waals surface area contributed by atoms with Gasteiger partial charge in [-0.1, -0.05) is 19.8 Å². The average molecular weight is 286 g/mol. The Bertz CT molecular complexity index is 674. The van der Waals surface area contributed by atoms with Crippen LogP contribution in [0.4, 0.5) is 5.69 Å². The molecule has 3 rings (SSSR count). The second-order valence-electron chi connectivity index (χ2n) is 5.79. The minimum Gasteiger partial charge on any atom is -0.397 e. The standard InChI is InChI=1S/C16H22N4O/c1-2-3-6-9-20-16-11(10-18-20)15(17)14-12(19-16)7-4-5-8-13(14)21/h10H,2-9H2,1H3,(H2,17,19). The van der Waals surface area contributed by atoms with Crippen molar-refractivity contribution >= 4 is 22.5 Å². The summed E-state index contributed by atoms with van der Waals surface area (Å²) in [6, 6.07) is 0. The molecular formula is C16H22N4O. The molecule has 2 aromatic heterocycles. The molecule has 0 saturated carbocycles. The van der Waals surface area contributed by atoms with E-state index in [4.69, 9.17) is 10.7 Å². The van der Waals surface area contributed by atoms with Crippen LogP contribution in [0.2, 0.25) is 0 Å². The zero-order valence-corrected chi connectivity index (χ0v) is 12.6. The average Bonchev–Trinajstić information content (AvgIpc) is 2.77. The van der Waals surface area contributed by atoms with Gasteiger partial charge < -0.3 is 5.73 Å². The van der Waals surface area contributed by atoms with Gasteiger partial charge in [-0.25, -0.2) is 9.67 Å². The van der Waals surface area contributed by atoms with Crippen molar-refractivity contribution in [2.24, 2.45) is 0 Å². The summed E-state index contributed by atoms with van der Waals surface area (Å²) in [6.45, 7) is 3.04. The summed E-state index contributed by atoms with van der Waals surface area (Å²) >= 11 is 0. The van der Waals surface area contributed by atoms with Crippen LogP contribution in [0.3, 0.4) is 0 Å². The van der Waals surface area contributed by atoms with Gasteiger partial charge in [0.25, 0.3) is 0 Å². The van der Waals surface area contributed by atoms with Gasteiger partial charge in [0.1, 0.15) is 0 Å².